The number of para-hydroxylation sites is 1. The topological polar surface area (TPSA) is 121 Å². The zero-order valence-electron chi connectivity index (χ0n) is 35.8. The zero-order chi connectivity index (χ0) is 41.5. The number of amides is 2. The van der Waals surface area contributed by atoms with Crippen LogP contribution in [0.5, 0.6) is 11.5 Å². The summed E-state index contributed by atoms with van der Waals surface area (Å²) in [7, 11) is 1.52. The molecular weight excluding hydrogens is 773 g/mol. The summed E-state index contributed by atoms with van der Waals surface area (Å²) in [6.45, 7) is 4.09. The average Bonchev–Trinajstić information content (AvgIpc) is 3.33. The van der Waals surface area contributed by atoms with E-state index >= 15 is 0 Å². The van der Waals surface area contributed by atoms with E-state index in [9.17, 15) is 9.59 Å². The standard InChI is InChI=1S/C49H62N4O8/c1-56-32-48(54)50-42-20-21-43(53-24-27-58-46-9-3-2-7-39(46)33-10-15-38(16-11-33)61-31-45(42)53)35-14-19-40-34-12-17-37(18-13-34)60-30-44-41(51-49(55)36-6-5-25-57-29-36)8-4-22-52(44)23-26-59-47(40)28-35/h2-3,7,9,14,19,28,30-31,33-34,36-38,43H,4-6,8,10-13,15-18,20-27,29,32H2,1H3/b44-30-,45-31-,50-42?,51-41?/t33?,34?,36-,37?,38?,43?/m1/s1. The van der Waals surface area contributed by atoms with E-state index in [1.807, 2.05) is 12.5 Å². The Morgan fingerprint density at radius 3 is 2.16 bits per heavy atom. The van der Waals surface area contributed by atoms with Crippen molar-refractivity contribution in [2.24, 2.45) is 15.9 Å². The van der Waals surface area contributed by atoms with Crippen molar-refractivity contribution in [1.82, 2.24) is 9.80 Å². The van der Waals surface area contributed by atoms with Gasteiger partial charge in [-0.05, 0) is 131 Å². The molecule has 7 heterocycles. The minimum atomic E-state index is -0.301. The first-order valence-electron chi connectivity index (χ1n) is 23.0. The second-order valence-electron chi connectivity index (χ2n) is 17.8. The number of rotatable bonds is 4. The Bertz CT molecular complexity index is 2010. The number of fused-ring (bicyclic) bond motifs is 10. The summed E-state index contributed by atoms with van der Waals surface area (Å²) in [4.78, 5) is 40.3. The van der Waals surface area contributed by atoms with E-state index in [4.69, 9.17) is 33.4 Å². The number of nitrogens with zero attached hydrogens (tertiary/aromatic N) is 4. The van der Waals surface area contributed by atoms with Gasteiger partial charge in [0.1, 0.15) is 43.8 Å². The van der Waals surface area contributed by atoms with Crippen LogP contribution in [0.2, 0.25) is 0 Å². The molecule has 0 N–H and O–H groups in total. The van der Waals surface area contributed by atoms with Crippen molar-refractivity contribution < 1.29 is 38.0 Å². The highest BCUT2D eigenvalue weighted by molar-refractivity contribution is 6.07. The van der Waals surface area contributed by atoms with Crippen LogP contribution in [0.25, 0.3) is 0 Å². The fraction of sp³-hybridized carbons (Fsp3) is 0.592. The second-order valence-corrected chi connectivity index (χ2v) is 17.8. The monoisotopic (exact) mass is 834 g/mol. The first kappa shape index (κ1) is 41.7. The van der Waals surface area contributed by atoms with Crippen molar-refractivity contribution in [3.63, 3.8) is 0 Å². The largest absolute Gasteiger partial charge is 0.496 e. The average molecular weight is 835 g/mol. The van der Waals surface area contributed by atoms with Crippen LogP contribution in [0.4, 0.5) is 0 Å². The van der Waals surface area contributed by atoms with E-state index in [1.54, 1.807) is 0 Å². The quantitative estimate of drug-likeness (QED) is 0.298. The molecule has 2 atom stereocenters. The molecule has 9 aliphatic rings. The molecule has 4 bridgehead atoms. The van der Waals surface area contributed by atoms with E-state index < -0.39 is 0 Å². The summed E-state index contributed by atoms with van der Waals surface area (Å²) in [5, 5.41) is 0. The molecule has 2 saturated carbocycles. The number of aliphatic imine (C=N–C) groups is 2. The molecule has 12 heteroatoms. The fourth-order valence-corrected chi connectivity index (χ4v) is 10.6. The Kier molecular flexibility index (Phi) is 13.4. The third-order valence-electron chi connectivity index (χ3n) is 13.9. The molecule has 2 aromatic rings. The van der Waals surface area contributed by atoms with Crippen molar-refractivity contribution in [3.05, 3.63) is 83.1 Å². The minimum absolute atomic E-state index is 0.0308. The lowest BCUT2D eigenvalue weighted by atomic mass is 9.81. The molecule has 0 radical (unpaired) electrons. The highest BCUT2D eigenvalue weighted by atomic mass is 16.5. The summed E-state index contributed by atoms with van der Waals surface area (Å²) in [5.41, 5.74) is 6.95. The fourth-order valence-electron chi connectivity index (χ4n) is 10.6. The lowest BCUT2D eigenvalue weighted by Gasteiger charge is -2.40. The van der Waals surface area contributed by atoms with Crippen LogP contribution in [-0.4, -0.2) is 105 Å². The van der Waals surface area contributed by atoms with Gasteiger partial charge in [-0.2, -0.15) is 0 Å². The van der Waals surface area contributed by atoms with Gasteiger partial charge in [-0.3, -0.25) is 9.59 Å². The highest BCUT2D eigenvalue weighted by Gasteiger charge is 2.35. The van der Waals surface area contributed by atoms with Gasteiger partial charge in [-0.25, -0.2) is 9.98 Å². The first-order chi connectivity index (χ1) is 30.0. The van der Waals surface area contributed by atoms with Crippen LogP contribution < -0.4 is 9.47 Å². The smallest absolute Gasteiger partial charge is 0.271 e. The molecule has 5 fully saturated rings. The molecule has 2 aromatic carbocycles. The summed E-state index contributed by atoms with van der Waals surface area (Å²) in [6, 6.07) is 15.3. The number of allylic oxidation sites excluding steroid dienone is 2. The maximum Gasteiger partial charge on any atom is 0.271 e. The molecule has 326 valence electrons. The van der Waals surface area contributed by atoms with Crippen molar-refractivity contribution in [2.75, 3.05) is 59.8 Å². The molecule has 1 unspecified atom stereocenters. The van der Waals surface area contributed by atoms with Crippen LogP contribution in [0, 0.1) is 5.92 Å². The molecule has 0 spiro atoms. The van der Waals surface area contributed by atoms with Crippen molar-refractivity contribution in [3.8, 4) is 11.5 Å². The molecular formula is C49H62N4O8. The van der Waals surface area contributed by atoms with Gasteiger partial charge in [-0.15, -0.1) is 0 Å². The number of hydrogen-bond acceptors (Lipinski definition) is 10. The molecule has 0 aromatic heterocycles. The number of hydrogen-bond donors (Lipinski definition) is 0. The summed E-state index contributed by atoms with van der Waals surface area (Å²) < 4.78 is 37.5. The summed E-state index contributed by atoms with van der Waals surface area (Å²) >= 11 is 0. The lowest BCUT2D eigenvalue weighted by molar-refractivity contribution is -0.125. The molecule has 7 aliphatic heterocycles. The van der Waals surface area contributed by atoms with Gasteiger partial charge in [0.25, 0.3) is 11.8 Å². The van der Waals surface area contributed by atoms with Crippen LogP contribution in [0.1, 0.15) is 124 Å². The number of methoxy groups -OCH3 is 1. The molecule has 61 heavy (non-hydrogen) atoms. The van der Waals surface area contributed by atoms with E-state index in [0.717, 1.165) is 130 Å². The third-order valence-corrected chi connectivity index (χ3v) is 13.9. The van der Waals surface area contributed by atoms with Crippen LogP contribution in [0.15, 0.2) is 76.4 Å². The predicted molar refractivity (Wildman–Crippen MR) is 232 cm³/mol. The Morgan fingerprint density at radius 2 is 1.41 bits per heavy atom. The van der Waals surface area contributed by atoms with Crippen LogP contribution in [0.3, 0.4) is 0 Å². The van der Waals surface area contributed by atoms with E-state index in [0.29, 0.717) is 57.8 Å². The molecule has 3 saturated heterocycles. The number of carbonyl (C=O) groups excluding carboxylic acids is 2. The molecule has 2 amide bonds. The Labute approximate surface area is 360 Å². The van der Waals surface area contributed by atoms with Crippen LogP contribution >= 0.6 is 0 Å². The zero-order valence-corrected chi connectivity index (χ0v) is 35.8. The van der Waals surface area contributed by atoms with E-state index in [-0.39, 0.29) is 42.6 Å². The Morgan fingerprint density at radius 1 is 0.705 bits per heavy atom. The molecule has 12 nitrogen and oxygen atoms in total. The van der Waals surface area contributed by atoms with E-state index in [2.05, 4.69) is 57.3 Å². The first-order valence-corrected chi connectivity index (χ1v) is 23.0. The number of benzene rings is 2. The Balaban J connectivity index is 1.01. The van der Waals surface area contributed by atoms with Crippen molar-refractivity contribution >= 4 is 23.2 Å². The van der Waals surface area contributed by atoms with Gasteiger partial charge in [-0.1, -0.05) is 30.3 Å². The maximum atomic E-state index is 13.3. The SMILES string of the molecule is COCC(=O)N=C1CCC(c2ccc3c(c2)OCCN2CCCC(=NC(=O)[C@@H]4CCCOC4)/C2=C/OC2CCC3CC2)N2CCOc3ccccc3C3CCC(CC3)O/C=C/12. The number of ether oxygens (including phenoxy) is 6. The van der Waals surface area contributed by atoms with Gasteiger partial charge >= 0.3 is 0 Å². The van der Waals surface area contributed by atoms with Crippen molar-refractivity contribution in [1.29, 1.82) is 0 Å². The molecule has 11 rings (SSSR count). The molecule has 2 aliphatic carbocycles. The van der Waals surface area contributed by atoms with Gasteiger partial charge in [0.15, 0.2) is 0 Å². The highest BCUT2D eigenvalue weighted by Crippen LogP contribution is 2.44. The normalized spacial score (nSPS) is 31.3. The summed E-state index contributed by atoms with van der Waals surface area (Å²) in [5.74, 6) is 2.13. The number of carbonyl (C=O) groups is 2. The Hall–Kier alpha value is -4.68. The maximum absolute atomic E-state index is 13.3. The minimum Gasteiger partial charge on any atom is -0.496 e. The number of piperidine rings is 2. The summed E-state index contributed by atoms with van der Waals surface area (Å²) in [6.07, 6.45) is 16.6. The van der Waals surface area contributed by atoms with Gasteiger partial charge in [0.05, 0.1) is 66.7 Å². The second kappa shape index (κ2) is 19.6. The van der Waals surface area contributed by atoms with Crippen molar-refractivity contribution in [2.45, 2.75) is 120 Å². The van der Waals surface area contributed by atoms with Gasteiger partial charge in [0.2, 0.25) is 0 Å². The van der Waals surface area contributed by atoms with E-state index in [1.165, 1.54) is 18.2 Å². The van der Waals surface area contributed by atoms with Gasteiger partial charge in [0, 0.05) is 20.3 Å². The van der Waals surface area contributed by atoms with Crippen LogP contribution in [-0.2, 0) is 28.5 Å². The predicted octanol–water partition coefficient (Wildman–Crippen LogP) is 8.18. The third kappa shape index (κ3) is 9.70. The van der Waals surface area contributed by atoms with Gasteiger partial charge < -0.3 is 38.2 Å². The lowest BCUT2D eigenvalue weighted by Crippen LogP contribution is -2.40.